The van der Waals surface area contributed by atoms with E-state index in [1.54, 1.807) is 6.26 Å². The minimum atomic E-state index is 0.927. The zero-order valence-corrected chi connectivity index (χ0v) is 11.0. The maximum absolute atomic E-state index is 5.84. The van der Waals surface area contributed by atoms with Crippen LogP contribution in [-0.2, 0) is 6.42 Å². The second kappa shape index (κ2) is 4.53. The Labute approximate surface area is 118 Å². The number of fused-ring (bicyclic) bond motifs is 3. The van der Waals surface area contributed by atoms with Crippen LogP contribution in [0.2, 0.25) is 0 Å². The van der Waals surface area contributed by atoms with E-state index in [0.29, 0.717) is 0 Å². The van der Waals surface area contributed by atoms with Crippen molar-refractivity contribution < 1.29 is 4.74 Å². The van der Waals surface area contributed by atoms with Crippen LogP contribution >= 0.6 is 0 Å². The Morgan fingerprint density at radius 1 is 0.850 bits per heavy atom. The van der Waals surface area contributed by atoms with Crippen LogP contribution in [0.1, 0.15) is 5.56 Å². The molecule has 1 aliphatic heterocycles. The van der Waals surface area contributed by atoms with Crippen molar-refractivity contribution in [2.45, 2.75) is 6.42 Å². The van der Waals surface area contributed by atoms with E-state index in [2.05, 4.69) is 60.7 Å². The summed E-state index contributed by atoms with van der Waals surface area (Å²) in [4.78, 5) is 0. The highest BCUT2D eigenvalue weighted by molar-refractivity contribution is 5.94. The summed E-state index contributed by atoms with van der Waals surface area (Å²) in [5.41, 5.74) is 3.65. The molecule has 1 heteroatoms. The summed E-state index contributed by atoms with van der Waals surface area (Å²) in [5.74, 6) is 0.998. The largest absolute Gasteiger partial charge is 0.464 e. The molecule has 0 amide bonds. The van der Waals surface area contributed by atoms with Gasteiger partial charge in [0.25, 0.3) is 0 Å². The smallest absolute Gasteiger partial charge is 0.138 e. The Kier molecular flexibility index (Phi) is 2.56. The number of rotatable bonds is 1. The lowest BCUT2D eigenvalue weighted by Crippen LogP contribution is -2.00. The van der Waals surface area contributed by atoms with Gasteiger partial charge < -0.3 is 4.74 Å². The van der Waals surface area contributed by atoms with Crippen molar-refractivity contribution in [3.8, 4) is 16.9 Å². The first-order valence-corrected chi connectivity index (χ1v) is 6.85. The minimum absolute atomic E-state index is 0.927. The summed E-state index contributed by atoms with van der Waals surface area (Å²) < 4.78 is 5.84. The van der Waals surface area contributed by atoms with Crippen LogP contribution in [0, 0.1) is 0 Å². The highest BCUT2D eigenvalue weighted by atomic mass is 16.5. The molecule has 3 aromatic rings. The highest BCUT2D eigenvalue weighted by Gasteiger charge is 2.16. The molecule has 20 heavy (non-hydrogen) atoms. The van der Waals surface area contributed by atoms with Crippen molar-refractivity contribution >= 4 is 10.8 Å². The van der Waals surface area contributed by atoms with E-state index in [1.165, 1.54) is 27.5 Å². The van der Waals surface area contributed by atoms with E-state index in [9.17, 15) is 0 Å². The first-order valence-electron chi connectivity index (χ1n) is 6.85. The lowest BCUT2D eigenvalue weighted by Gasteiger charge is -2.19. The molecule has 0 saturated carbocycles. The predicted octanol–water partition coefficient (Wildman–Crippen LogP) is 4.96. The van der Waals surface area contributed by atoms with Crippen molar-refractivity contribution in [2.24, 2.45) is 0 Å². The van der Waals surface area contributed by atoms with Crippen molar-refractivity contribution in [2.75, 3.05) is 0 Å². The lowest BCUT2D eigenvalue weighted by molar-refractivity contribution is 0.468. The number of allylic oxidation sites excluding steroid dienone is 1. The summed E-state index contributed by atoms with van der Waals surface area (Å²) in [6.45, 7) is 0. The van der Waals surface area contributed by atoms with E-state index in [4.69, 9.17) is 4.74 Å². The van der Waals surface area contributed by atoms with Gasteiger partial charge in [0.15, 0.2) is 0 Å². The molecule has 0 aliphatic carbocycles. The third-order valence-corrected chi connectivity index (χ3v) is 3.79. The average Bonchev–Trinajstić information content (AvgIpc) is 2.55. The van der Waals surface area contributed by atoms with Gasteiger partial charge in [0.1, 0.15) is 5.75 Å². The van der Waals surface area contributed by atoms with Gasteiger partial charge in [-0.2, -0.15) is 0 Å². The zero-order chi connectivity index (χ0) is 13.4. The molecule has 3 aromatic carbocycles. The standard InChI is InChI=1S/C19H14O/c1-2-7-14(8-3-1)18-13-15-9-4-5-10-16(15)17-11-6-12-20-19(17)18/h1-10,12-13H,11H2. The van der Waals surface area contributed by atoms with Crippen LogP contribution in [0.4, 0.5) is 0 Å². The molecule has 0 atom stereocenters. The van der Waals surface area contributed by atoms with Gasteiger partial charge in [0.05, 0.1) is 6.26 Å². The van der Waals surface area contributed by atoms with Gasteiger partial charge in [-0.3, -0.25) is 0 Å². The van der Waals surface area contributed by atoms with Gasteiger partial charge in [-0.05, 0) is 34.9 Å². The average molecular weight is 258 g/mol. The second-order valence-corrected chi connectivity index (χ2v) is 5.01. The second-order valence-electron chi connectivity index (χ2n) is 5.01. The molecular formula is C19H14O. The van der Waals surface area contributed by atoms with Crippen LogP contribution in [0.15, 0.2) is 73.0 Å². The summed E-state index contributed by atoms with van der Waals surface area (Å²) in [6.07, 6.45) is 4.80. The quantitative estimate of drug-likeness (QED) is 0.599. The van der Waals surface area contributed by atoms with Gasteiger partial charge in [0.2, 0.25) is 0 Å². The normalized spacial score (nSPS) is 13.0. The van der Waals surface area contributed by atoms with Gasteiger partial charge in [-0.15, -0.1) is 0 Å². The number of benzene rings is 3. The van der Waals surface area contributed by atoms with E-state index < -0.39 is 0 Å². The summed E-state index contributed by atoms with van der Waals surface area (Å²) in [6, 6.07) is 21.2. The molecule has 1 nitrogen and oxygen atoms in total. The third kappa shape index (κ3) is 1.71. The zero-order valence-electron chi connectivity index (χ0n) is 11.0. The van der Waals surface area contributed by atoms with Crippen molar-refractivity contribution in [1.82, 2.24) is 0 Å². The van der Waals surface area contributed by atoms with E-state index >= 15 is 0 Å². The Morgan fingerprint density at radius 2 is 1.65 bits per heavy atom. The van der Waals surface area contributed by atoms with Crippen LogP contribution in [0.25, 0.3) is 21.9 Å². The first-order chi connectivity index (χ1) is 9.93. The fourth-order valence-electron chi connectivity index (χ4n) is 2.86. The van der Waals surface area contributed by atoms with E-state index in [-0.39, 0.29) is 0 Å². The van der Waals surface area contributed by atoms with Crippen molar-refractivity contribution in [3.05, 3.63) is 78.6 Å². The summed E-state index contributed by atoms with van der Waals surface area (Å²) in [7, 11) is 0. The summed E-state index contributed by atoms with van der Waals surface area (Å²) >= 11 is 0. The Morgan fingerprint density at radius 3 is 2.55 bits per heavy atom. The molecule has 1 heterocycles. The Hall–Kier alpha value is -2.54. The Balaban J connectivity index is 2.07. The predicted molar refractivity (Wildman–Crippen MR) is 82.9 cm³/mol. The fraction of sp³-hybridized carbons (Fsp3) is 0.0526. The van der Waals surface area contributed by atoms with Gasteiger partial charge >= 0.3 is 0 Å². The van der Waals surface area contributed by atoms with E-state index in [1.807, 2.05) is 6.07 Å². The lowest BCUT2D eigenvalue weighted by atomic mass is 9.93. The van der Waals surface area contributed by atoms with Gasteiger partial charge in [0, 0.05) is 11.1 Å². The van der Waals surface area contributed by atoms with Crippen molar-refractivity contribution in [1.29, 1.82) is 0 Å². The molecule has 4 rings (SSSR count). The van der Waals surface area contributed by atoms with Crippen LogP contribution in [0.5, 0.6) is 5.75 Å². The highest BCUT2D eigenvalue weighted by Crippen LogP contribution is 2.40. The molecule has 0 aromatic heterocycles. The monoisotopic (exact) mass is 258 g/mol. The number of hydrogen-bond acceptors (Lipinski definition) is 1. The third-order valence-electron chi connectivity index (χ3n) is 3.79. The van der Waals surface area contributed by atoms with E-state index in [0.717, 1.165) is 12.2 Å². The molecule has 0 spiro atoms. The molecule has 96 valence electrons. The molecule has 0 bridgehead atoms. The molecule has 0 unspecified atom stereocenters. The fourth-order valence-corrected chi connectivity index (χ4v) is 2.86. The minimum Gasteiger partial charge on any atom is -0.464 e. The van der Waals surface area contributed by atoms with Crippen molar-refractivity contribution in [3.63, 3.8) is 0 Å². The first kappa shape index (κ1) is 11.3. The maximum Gasteiger partial charge on any atom is 0.138 e. The van der Waals surface area contributed by atoms with Crippen LogP contribution in [0.3, 0.4) is 0 Å². The molecular weight excluding hydrogens is 244 g/mol. The van der Waals surface area contributed by atoms with Crippen LogP contribution < -0.4 is 4.74 Å². The van der Waals surface area contributed by atoms with Gasteiger partial charge in [-0.1, -0.05) is 54.6 Å². The molecule has 0 fully saturated rings. The molecule has 0 saturated heterocycles. The summed E-state index contributed by atoms with van der Waals surface area (Å²) in [5, 5.41) is 2.55. The van der Waals surface area contributed by atoms with Crippen LogP contribution in [-0.4, -0.2) is 0 Å². The maximum atomic E-state index is 5.84. The molecule has 0 radical (unpaired) electrons. The molecule has 0 N–H and O–H groups in total. The number of ether oxygens (including phenoxy) is 1. The topological polar surface area (TPSA) is 9.23 Å². The number of hydrogen-bond donors (Lipinski definition) is 0. The Bertz CT molecular complexity index is 801. The SMILES string of the molecule is C1=COc2c(-c3ccccc3)cc3ccccc3c2C1. The van der Waals surface area contributed by atoms with Gasteiger partial charge in [-0.25, -0.2) is 0 Å². The molecule has 1 aliphatic rings.